The van der Waals surface area contributed by atoms with Gasteiger partial charge in [0.05, 0.1) is 11.8 Å². The molecule has 3 aromatic carbocycles. The van der Waals surface area contributed by atoms with E-state index in [0.717, 1.165) is 10.1 Å². The van der Waals surface area contributed by atoms with Gasteiger partial charge in [-0.25, -0.2) is 4.68 Å². The third-order valence-corrected chi connectivity index (χ3v) is 5.71. The monoisotopic (exact) mass is 495 g/mol. The summed E-state index contributed by atoms with van der Waals surface area (Å²) < 4.78 is 6.65. The molecule has 0 spiro atoms. The van der Waals surface area contributed by atoms with Crippen LogP contribution in [0.4, 0.5) is 5.69 Å². The van der Waals surface area contributed by atoms with Crippen molar-refractivity contribution in [2.45, 2.75) is 6.42 Å². The number of aryl methyl sites for hydroxylation is 1. The van der Waals surface area contributed by atoms with E-state index in [1.807, 2.05) is 18.2 Å². The Morgan fingerprint density at radius 3 is 2.32 bits per heavy atom. The van der Waals surface area contributed by atoms with E-state index in [0.29, 0.717) is 27.6 Å². The van der Waals surface area contributed by atoms with Gasteiger partial charge in [0.15, 0.2) is 11.5 Å². The standard InChI is InChI=1S/C27H21N5O5/c1-32-27(36)20-8-4-3-7-19(20)24(31-32)26(35)30-29-23(33)14-16-10-12-18(13-11-16)28-25(34)22-15-17-6-2-5-9-21(17)37-22/h2-13,15H,14H2,1H3,(H,28,34)(H,29,33)(H,30,35). The van der Waals surface area contributed by atoms with E-state index >= 15 is 0 Å². The highest BCUT2D eigenvalue weighted by Gasteiger charge is 2.16. The summed E-state index contributed by atoms with van der Waals surface area (Å²) >= 11 is 0. The average Bonchev–Trinajstić information content (AvgIpc) is 3.35. The van der Waals surface area contributed by atoms with Crippen LogP contribution in [0.1, 0.15) is 26.6 Å². The molecule has 37 heavy (non-hydrogen) atoms. The molecule has 0 aliphatic rings. The third-order valence-electron chi connectivity index (χ3n) is 5.71. The van der Waals surface area contributed by atoms with Crippen LogP contribution in [0.3, 0.4) is 0 Å². The van der Waals surface area contributed by atoms with E-state index in [2.05, 4.69) is 21.3 Å². The molecular formula is C27H21N5O5. The van der Waals surface area contributed by atoms with Gasteiger partial charge in [-0.15, -0.1) is 0 Å². The van der Waals surface area contributed by atoms with Gasteiger partial charge in [-0.1, -0.05) is 48.5 Å². The maximum Gasteiger partial charge on any atom is 0.291 e. The molecule has 0 aliphatic carbocycles. The molecule has 5 aromatic rings. The van der Waals surface area contributed by atoms with E-state index in [1.54, 1.807) is 60.7 Å². The molecule has 0 aliphatic heterocycles. The minimum Gasteiger partial charge on any atom is -0.451 e. The highest BCUT2D eigenvalue weighted by Crippen LogP contribution is 2.20. The fourth-order valence-corrected chi connectivity index (χ4v) is 3.88. The van der Waals surface area contributed by atoms with Crippen molar-refractivity contribution in [3.8, 4) is 0 Å². The van der Waals surface area contributed by atoms with Crippen molar-refractivity contribution in [2.24, 2.45) is 7.05 Å². The van der Waals surface area contributed by atoms with Crippen LogP contribution >= 0.6 is 0 Å². The fourth-order valence-electron chi connectivity index (χ4n) is 3.88. The number of para-hydroxylation sites is 1. The number of amides is 3. The van der Waals surface area contributed by atoms with Gasteiger partial charge in [-0.2, -0.15) is 5.10 Å². The van der Waals surface area contributed by atoms with Gasteiger partial charge < -0.3 is 9.73 Å². The van der Waals surface area contributed by atoms with Gasteiger partial charge in [0.25, 0.3) is 17.4 Å². The first-order chi connectivity index (χ1) is 17.9. The molecule has 0 atom stereocenters. The lowest BCUT2D eigenvalue weighted by Gasteiger charge is -2.10. The van der Waals surface area contributed by atoms with Crippen LogP contribution in [0.5, 0.6) is 0 Å². The second-order valence-electron chi connectivity index (χ2n) is 8.30. The topological polar surface area (TPSA) is 135 Å². The quantitative estimate of drug-likeness (QED) is 0.321. The van der Waals surface area contributed by atoms with Crippen LogP contribution in [-0.4, -0.2) is 27.5 Å². The SMILES string of the molecule is Cn1nc(C(=O)NNC(=O)Cc2ccc(NC(=O)c3cc4ccccc4o3)cc2)c2ccccc2c1=O. The molecule has 0 saturated heterocycles. The summed E-state index contributed by atoms with van der Waals surface area (Å²) in [6, 6.07) is 22.4. The van der Waals surface area contributed by atoms with Crippen LogP contribution in [0.25, 0.3) is 21.7 Å². The number of hydrazine groups is 1. The lowest BCUT2D eigenvalue weighted by Crippen LogP contribution is -2.43. The number of nitrogens with zero attached hydrogens (tertiary/aromatic N) is 2. The number of carbonyl (C=O) groups excluding carboxylic acids is 3. The zero-order valence-electron chi connectivity index (χ0n) is 19.6. The first-order valence-electron chi connectivity index (χ1n) is 11.3. The minimum absolute atomic E-state index is 0.0144. The molecule has 0 radical (unpaired) electrons. The molecule has 184 valence electrons. The number of benzene rings is 3. The summed E-state index contributed by atoms with van der Waals surface area (Å²) in [6.07, 6.45) is -0.0144. The van der Waals surface area contributed by atoms with Gasteiger partial charge in [0.2, 0.25) is 5.91 Å². The Kier molecular flexibility index (Phi) is 6.21. The number of aromatic nitrogens is 2. The summed E-state index contributed by atoms with van der Waals surface area (Å²) in [7, 11) is 1.45. The van der Waals surface area contributed by atoms with Gasteiger partial charge in [-0.3, -0.25) is 30.0 Å². The first kappa shape index (κ1) is 23.5. The molecule has 2 heterocycles. The largest absolute Gasteiger partial charge is 0.451 e. The predicted molar refractivity (Wildman–Crippen MR) is 137 cm³/mol. The lowest BCUT2D eigenvalue weighted by molar-refractivity contribution is -0.121. The van der Waals surface area contributed by atoms with Crippen molar-refractivity contribution in [3.63, 3.8) is 0 Å². The van der Waals surface area contributed by atoms with Gasteiger partial charge in [0.1, 0.15) is 5.58 Å². The van der Waals surface area contributed by atoms with E-state index in [-0.39, 0.29) is 29.3 Å². The number of hydrogen-bond acceptors (Lipinski definition) is 6. The van der Waals surface area contributed by atoms with Crippen LogP contribution < -0.4 is 21.7 Å². The Morgan fingerprint density at radius 2 is 1.57 bits per heavy atom. The van der Waals surface area contributed by atoms with E-state index in [4.69, 9.17) is 4.42 Å². The van der Waals surface area contributed by atoms with E-state index in [9.17, 15) is 19.2 Å². The second kappa shape index (κ2) is 9.78. The normalized spacial score (nSPS) is 10.8. The Morgan fingerprint density at radius 1 is 0.865 bits per heavy atom. The minimum atomic E-state index is -0.649. The number of rotatable bonds is 5. The summed E-state index contributed by atoms with van der Waals surface area (Å²) in [5.74, 6) is -1.30. The van der Waals surface area contributed by atoms with Crippen molar-refractivity contribution in [1.82, 2.24) is 20.6 Å². The van der Waals surface area contributed by atoms with Crippen molar-refractivity contribution in [3.05, 3.63) is 106 Å². The zero-order chi connectivity index (χ0) is 25.9. The molecule has 2 aromatic heterocycles. The first-order valence-corrected chi connectivity index (χ1v) is 11.3. The molecular weight excluding hydrogens is 474 g/mol. The summed E-state index contributed by atoms with van der Waals surface area (Å²) in [4.78, 5) is 49.8. The number of anilines is 1. The Bertz CT molecular complexity index is 1690. The van der Waals surface area contributed by atoms with Crippen LogP contribution in [0.15, 0.2) is 88.1 Å². The van der Waals surface area contributed by atoms with Crippen LogP contribution in [0, 0.1) is 0 Å². The molecule has 0 fully saturated rings. The van der Waals surface area contributed by atoms with Crippen LogP contribution in [0.2, 0.25) is 0 Å². The van der Waals surface area contributed by atoms with Gasteiger partial charge in [0, 0.05) is 23.5 Å². The number of carbonyl (C=O) groups is 3. The predicted octanol–water partition coefficient (Wildman–Crippen LogP) is 2.94. The smallest absolute Gasteiger partial charge is 0.291 e. The van der Waals surface area contributed by atoms with Crippen molar-refractivity contribution < 1.29 is 18.8 Å². The number of hydrogen-bond donors (Lipinski definition) is 3. The Balaban J connectivity index is 1.18. The van der Waals surface area contributed by atoms with E-state index < -0.39 is 11.8 Å². The zero-order valence-corrected chi connectivity index (χ0v) is 19.6. The maximum atomic E-state index is 12.6. The second-order valence-corrected chi connectivity index (χ2v) is 8.30. The van der Waals surface area contributed by atoms with Crippen molar-refractivity contribution in [2.75, 3.05) is 5.32 Å². The Hall–Kier alpha value is -5.25. The lowest BCUT2D eigenvalue weighted by atomic mass is 10.1. The van der Waals surface area contributed by atoms with Crippen molar-refractivity contribution in [1.29, 1.82) is 0 Å². The molecule has 3 amide bonds. The maximum absolute atomic E-state index is 12.6. The van der Waals surface area contributed by atoms with E-state index in [1.165, 1.54) is 7.05 Å². The molecule has 3 N–H and O–H groups in total. The Labute approximate surface area is 209 Å². The average molecular weight is 495 g/mol. The third kappa shape index (κ3) is 4.94. The summed E-state index contributed by atoms with van der Waals surface area (Å²) in [5, 5.41) is 8.36. The van der Waals surface area contributed by atoms with Crippen molar-refractivity contribution >= 4 is 45.2 Å². The summed E-state index contributed by atoms with van der Waals surface area (Å²) in [6.45, 7) is 0. The molecule has 0 bridgehead atoms. The van der Waals surface area contributed by atoms with Gasteiger partial charge >= 0.3 is 0 Å². The molecule has 0 unspecified atom stereocenters. The number of nitrogens with one attached hydrogen (secondary N) is 3. The molecule has 10 heteroatoms. The highest BCUT2D eigenvalue weighted by molar-refractivity contribution is 6.05. The fraction of sp³-hybridized carbons (Fsp3) is 0.0741. The molecule has 5 rings (SSSR count). The van der Waals surface area contributed by atoms with Gasteiger partial charge in [-0.05, 0) is 35.9 Å². The highest BCUT2D eigenvalue weighted by atomic mass is 16.3. The number of fused-ring (bicyclic) bond motifs is 2. The molecule has 0 saturated carbocycles. The summed E-state index contributed by atoms with van der Waals surface area (Å²) in [5.41, 5.74) is 6.22. The number of furan rings is 1. The van der Waals surface area contributed by atoms with Crippen LogP contribution in [-0.2, 0) is 18.3 Å². The molecule has 10 nitrogen and oxygen atoms in total.